The molecule has 1 aliphatic rings. The zero-order valence-electron chi connectivity index (χ0n) is 10.3. The fourth-order valence-electron chi connectivity index (χ4n) is 1.67. The molecule has 0 saturated heterocycles. The molecule has 0 aromatic heterocycles. The smallest absolute Gasteiger partial charge is 0.191 e. The molecule has 5 heteroatoms. The number of hydrogen-bond acceptors (Lipinski definition) is 2. The minimum atomic E-state index is 0. The van der Waals surface area contributed by atoms with E-state index in [2.05, 4.69) is 11.1 Å². The lowest BCUT2D eigenvalue weighted by atomic mass is 10.1. The molecule has 0 bridgehead atoms. The van der Waals surface area contributed by atoms with E-state index in [1.807, 2.05) is 30.1 Å². The van der Waals surface area contributed by atoms with Gasteiger partial charge in [-0.05, 0) is 30.5 Å². The van der Waals surface area contributed by atoms with Gasteiger partial charge in [-0.2, -0.15) is 5.26 Å². The maximum atomic E-state index is 8.79. The van der Waals surface area contributed by atoms with Gasteiger partial charge in [0.1, 0.15) is 0 Å². The van der Waals surface area contributed by atoms with Gasteiger partial charge in [0.05, 0.1) is 18.2 Å². The normalized spacial score (nSPS) is 14.6. The number of halogens is 1. The number of rotatable bonds is 3. The maximum absolute atomic E-state index is 8.79. The number of guanidine groups is 1. The fraction of sp³-hybridized carbons (Fsp3) is 0.385. The van der Waals surface area contributed by atoms with Crippen LogP contribution in [0.1, 0.15) is 24.0 Å². The number of nitriles is 1. The quantitative estimate of drug-likeness (QED) is 0.512. The van der Waals surface area contributed by atoms with Gasteiger partial charge in [0.25, 0.3) is 0 Å². The van der Waals surface area contributed by atoms with E-state index in [1.54, 1.807) is 6.07 Å². The summed E-state index contributed by atoms with van der Waals surface area (Å²) in [6, 6.07) is 10.1. The van der Waals surface area contributed by atoms with Gasteiger partial charge in [-0.15, -0.1) is 24.0 Å². The summed E-state index contributed by atoms with van der Waals surface area (Å²) in [6.07, 6.45) is 2.41. The van der Waals surface area contributed by atoms with Gasteiger partial charge in [-0.1, -0.05) is 12.1 Å². The average Bonchev–Trinajstić information content (AvgIpc) is 3.19. The molecule has 96 valence electrons. The molecule has 2 rings (SSSR count). The Kier molecular flexibility index (Phi) is 5.41. The SMILES string of the molecule is CN(C(N)=NCc1cccc(C#N)c1)C1CC1.I. The molecule has 4 nitrogen and oxygen atoms in total. The Labute approximate surface area is 125 Å². The first-order valence-electron chi connectivity index (χ1n) is 5.72. The van der Waals surface area contributed by atoms with E-state index < -0.39 is 0 Å². The summed E-state index contributed by atoms with van der Waals surface area (Å²) in [7, 11) is 1.97. The number of nitrogens with two attached hydrogens (primary N) is 1. The van der Waals surface area contributed by atoms with Crippen molar-refractivity contribution in [3.8, 4) is 6.07 Å². The Morgan fingerprint density at radius 2 is 2.28 bits per heavy atom. The first-order chi connectivity index (χ1) is 8.20. The summed E-state index contributed by atoms with van der Waals surface area (Å²) in [5, 5.41) is 8.79. The van der Waals surface area contributed by atoms with Crippen LogP contribution in [-0.2, 0) is 6.54 Å². The highest BCUT2D eigenvalue weighted by Gasteiger charge is 2.27. The van der Waals surface area contributed by atoms with E-state index in [0.29, 0.717) is 24.1 Å². The van der Waals surface area contributed by atoms with Crippen molar-refractivity contribution >= 4 is 29.9 Å². The minimum absolute atomic E-state index is 0. The lowest BCUT2D eigenvalue weighted by Crippen LogP contribution is -2.35. The van der Waals surface area contributed by atoms with Crippen LogP contribution in [0, 0.1) is 11.3 Å². The zero-order chi connectivity index (χ0) is 12.3. The third-order valence-corrected chi connectivity index (χ3v) is 2.94. The summed E-state index contributed by atoms with van der Waals surface area (Å²) < 4.78 is 0. The van der Waals surface area contributed by atoms with Crippen LogP contribution in [-0.4, -0.2) is 23.9 Å². The third kappa shape index (κ3) is 3.88. The number of nitrogens with zero attached hydrogens (tertiary/aromatic N) is 3. The van der Waals surface area contributed by atoms with E-state index in [0.717, 1.165) is 5.56 Å². The van der Waals surface area contributed by atoms with Gasteiger partial charge in [0.2, 0.25) is 0 Å². The minimum Gasteiger partial charge on any atom is -0.370 e. The molecule has 0 atom stereocenters. The number of hydrogen-bond donors (Lipinski definition) is 1. The van der Waals surface area contributed by atoms with Crippen molar-refractivity contribution in [2.24, 2.45) is 10.7 Å². The Balaban J connectivity index is 0.00000162. The molecule has 0 heterocycles. The van der Waals surface area contributed by atoms with Gasteiger partial charge >= 0.3 is 0 Å². The lowest BCUT2D eigenvalue weighted by molar-refractivity contribution is 0.487. The van der Waals surface area contributed by atoms with Crippen LogP contribution < -0.4 is 5.73 Å². The van der Waals surface area contributed by atoms with Crippen molar-refractivity contribution in [2.45, 2.75) is 25.4 Å². The van der Waals surface area contributed by atoms with E-state index in [9.17, 15) is 0 Å². The first kappa shape index (κ1) is 14.8. The van der Waals surface area contributed by atoms with Crippen molar-refractivity contribution in [3.05, 3.63) is 35.4 Å². The molecule has 0 radical (unpaired) electrons. The van der Waals surface area contributed by atoms with Crippen LogP contribution in [0.2, 0.25) is 0 Å². The summed E-state index contributed by atoms with van der Waals surface area (Å²) in [5.41, 5.74) is 7.56. The molecule has 0 unspecified atom stereocenters. The predicted octanol–water partition coefficient (Wildman–Crippen LogP) is 2.09. The van der Waals surface area contributed by atoms with Crippen LogP contribution >= 0.6 is 24.0 Å². The topological polar surface area (TPSA) is 65.4 Å². The molecule has 18 heavy (non-hydrogen) atoms. The second-order valence-electron chi connectivity index (χ2n) is 4.33. The zero-order valence-corrected chi connectivity index (χ0v) is 12.7. The fourth-order valence-corrected chi connectivity index (χ4v) is 1.67. The highest BCUT2D eigenvalue weighted by Crippen LogP contribution is 2.24. The van der Waals surface area contributed by atoms with E-state index in [4.69, 9.17) is 11.0 Å². The van der Waals surface area contributed by atoms with Crippen molar-refractivity contribution in [3.63, 3.8) is 0 Å². The third-order valence-electron chi connectivity index (χ3n) is 2.94. The van der Waals surface area contributed by atoms with E-state index >= 15 is 0 Å². The highest BCUT2D eigenvalue weighted by molar-refractivity contribution is 14.0. The summed E-state index contributed by atoms with van der Waals surface area (Å²) in [6.45, 7) is 0.526. The van der Waals surface area contributed by atoms with Crippen molar-refractivity contribution in [1.29, 1.82) is 5.26 Å². The second kappa shape index (κ2) is 6.59. The van der Waals surface area contributed by atoms with Crippen LogP contribution in [0.5, 0.6) is 0 Å². The van der Waals surface area contributed by atoms with Gasteiger partial charge in [0, 0.05) is 13.1 Å². The molecule has 0 amide bonds. The standard InChI is InChI=1S/C13H16N4.HI/c1-17(12-5-6-12)13(15)16-9-11-4-2-3-10(7-11)8-14;/h2-4,7,12H,5-6,9H2,1H3,(H2,15,16);1H. The van der Waals surface area contributed by atoms with Gasteiger partial charge < -0.3 is 10.6 Å². The molecule has 1 aromatic carbocycles. The van der Waals surface area contributed by atoms with Gasteiger partial charge in [-0.25, -0.2) is 4.99 Å². The van der Waals surface area contributed by atoms with Crippen LogP contribution in [0.3, 0.4) is 0 Å². The van der Waals surface area contributed by atoms with Crippen molar-refractivity contribution in [2.75, 3.05) is 7.05 Å². The molecule has 1 aromatic rings. The van der Waals surface area contributed by atoms with Gasteiger partial charge in [-0.3, -0.25) is 0 Å². The molecule has 1 saturated carbocycles. The monoisotopic (exact) mass is 356 g/mol. The average molecular weight is 356 g/mol. The first-order valence-corrected chi connectivity index (χ1v) is 5.72. The molecular formula is C13H17IN4. The van der Waals surface area contributed by atoms with Crippen molar-refractivity contribution in [1.82, 2.24) is 4.90 Å². The molecular weight excluding hydrogens is 339 g/mol. The Morgan fingerprint density at radius 1 is 1.56 bits per heavy atom. The molecule has 1 aliphatic carbocycles. The van der Waals surface area contributed by atoms with E-state index in [1.165, 1.54) is 12.8 Å². The lowest BCUT2D eigenvalue weighted by Gasteiger charge is -2.16. The molecule has 1 fully saturated rings. The summed E-state index contributed by atoms with van der Waals surface area (Å²) in [5.74, 6) is 0.579. The molecule has 0 spiro atoms. The largest absolute Gasteiger partial charge is 0.370 e. The molecule has 0 aliphatic heterocycles. The maximum Gasteiger partial charge on any atom is 0.191 e. The van der Waals surface area contributed by atoms with Crippen molar-refractivity contribution < 1.29 is 0 Å². The summed E-state index contributed by atoms with van der Waals surface area (Å²) in [4.78, 5) is 6.36. The van der Waals surface area contributed by atoms with Gasteiger partial charge in [0.15, 0.2) is 5.96 Å². The summed E-state index contributed by atoms with van der Waals surface area (Å²) >= 11 is 0. The Bertz CT molecular complexity index is 474. The number of benzene rings is 1. The van der Waals surface area contributed by atoms with Crippen LogP contribution in [0.4, 0.5) is 0 Å². The van der Waals surface area contributed by atoms with E-state index in [-0.39, 0.29) is 24.0 Å². The molecule has 2 N–H and O–H groups in total. The second-order valence-corrected chi connectivity index (χ2v) is 4.33. The van der Waals surface area contributed by atoms with Crippen LogP contribution in [0.25, 0.3) is 0 Å². The Hall–Kier alpha value is -1.29. The van der Waals surface area contributed by atoms with Crippen LogP contribution in [0.15, 0.2) is 29.3 Å². The Morgan fingerprint density at radius 3 is 2.89 bits per heavy atom. The highest BCUT2D eigenvalue weighted by atomic mass is 127. The number of aliphatic imine (C=N–C) groups is 1. The predicted molar refractivity (Wildman–Crippen MR) is 82.7 cm³/mol.